The maximum absolute atomic E-state index is 12.8. The van der Waals surface area contributed by atoms with E-state index in [9.17, 15) is 29.4 Å². The molecule has 0 unspecified atom stereocenters. The van der Waals surface area contributed by atoms with Crippen molar-refractivity contribution in [1.29, 1.82) is 0 Å². The molecule has 7 heteroatoms. The average Bonchev–Trinajstić information content (AvgIpc) is 2.77. The third-order valence-corrected chi connectivity index (χ3v) is 4.93. The molecule has 0 spiro atoms. The van der Waals surface area contributed by atoms with Gasteiger partial charge in [-0.25, -0.2) is 19.2 Å². The van der Waals surface area contributed by atoms with Crippen molar-refractivity contribution in [1.82, 2.24) is 0 Å². The van der Waals surface area contributed by atoms with E-state index in [4.69, 9.17) is 4.74 Å². The Labute approximate surface area is 175 Å². The lowest BCUT2D eigenvalue weighted by atomic mass is 9.99. The minimum absolute atomic E-state index is 0.0220. The summed E-state index contributed by atoms with van der Waals surface area (Å²) in [5.74, 6) is -4.16. The van der Waals surface area contributed by atoms with Crippen molar-refractivity contribution in [2.24, 2.45) is 0 Å². The van der Waals surface area contributed by atoms with Crippen molar-refractivity contribution in [2.45, 2.75) is 0 Å². The standard InChI is InChI=1S/C24H14O7/c25-21(26)17-9-1-7-15-13(17)5-3-11-19(15)23(29)31-24(30)20-12-4-6-14-16(20)8-2-10-18(14)22(27)28/h1-12H,(H,25,26)(H,27,28). The molecule has 4 rings (SSSR count). The number of aromatic carboxylic acids is 2. The third kappa shape index (κ3) is 3.49. The first-order chi connectivity index (χ1) is 14.9. The van der Waals surface area contributed by atoms with Crippen LogP contribution in [0.15, 0.2) is 72.8 Å². The number of rotatable bonds is 4. The summed E-state index contributed by atoms with van der Waals surface area (Å²) in [7, 11) is 0. The highest BCUT2D eigenvalue weighted by Crippen LogP contribution is 2.26. The van der Waals surface area contributed by atoms with Gasteiger partial charge < -0.3 is 14.9 Å². The van der Waals surface area contributed by atoms with Gasteiger partial charge in [0.15, 0.2) is 0 Å². The van der Waals surface area contributed by atoms with Crippen molar-refractivity contribution < 1.29 is 34.1 Å². The van der Waals surface area contributed by atoms with Crippen LogP contribution < -0.4 is 0 Å². The number of hydrogen-bond acceptors (Lipinski definition) is 5. The summed E-state index contributed by atoms with van der Waals surface area (Å²) >= 11 is 0. The van der Waals surface area contributed by atoms with Crippen LogP contribution in [-0.2, 0) is 4.74 Å². The zero-order valence-corrected chi connectivity index (χ0v) is 15.9. The Hall–Kier alpha value is -4.52. The molecular formula is C24H14O7. The van der Waals surface area contributed by atoms with Gasteiger partial charge >= 0.3 is 23.9 Å². The lowest BCUT2D eigenvalue weighted by Gasteiger charge is -2.10. The number of carboxylic acid groups (broad SMARTS) is 2. The van der Waals surface area contributed by atoms with Crippen LogP contribution in [0, 0.1) is 0 Å². The Balaban J connectivity index is 1.73. The molecule has 0 aliphatic heterocycles. The molecule has 0 radical (unpaired) electrons. The van der Waals surface area contributed by atoms with Crippen LogP contribution in [0.3, 0.4) is 0 Å². The Bertz CT molecular complexity index is 1290. The van der Waals surface area contributed by atoms with Gasteiger partial charge in [0, 0.05) is 0 Å². The van der Waals surface area contributed by atoms with Crippen LogP contribution >= 0.6 is 0 Å². The van der Waals surface area contributed by atoms with Gasteiger partial charge in [-0.3, -0.25) is 0 Å². The summed E-state index contributed by atoms with van der Waals surface area (Å²) in [4.78, 5) is 48.4. The van der Waals surface area contributed by atoms with E-state index in [2.05, 4.69) is 0 Å². The highest BCUT2D eigenvalue weighted by atomic mass is 16.6. The Kier molecular flexibility index (Phi) is 4.92. The summed E-state index contributed by atoms with van der Waals surface area (Å²) < 4.78 is 5.07. The smallest absolute Gasteiger partial charge is 0.346 e. The molecule has 0 atom stereocenters. The van der Waals surface area contributed by atoms with E-state index in [1.165, 1.54) is 48.5 Å². The Morgan fingerprint density at radius 2 is 0.774 bits per heavy atom. The third-order valence-electron chi connectivity index (χ3n) is 4.93. The SMILES string of the molecule is O=C(O)c1cccc2c(C(=O)OC(=O)c3cccc4c(C(=O)O)cccc34)cccc12. The van der Waals surface area contributed by atoms with Gasteiger partial charge in [-0.1, -0.05) is 48.5 Å². The second-order valence-electron chi connectivity index (χ2n) is 6.70. The molecule has 0 fully saturated rings. The van der Waals surface area contributed by atoms with Gasteiger partial charge in [0.1, 0.15) is 0 Å². The molecule has 0 aromatic heterocycles. The van der Waals surface area contributed by atoms with Crippen molar-refractivity contribution in [3.63, 3.8) is 0 Å². The predicted octanol–water partition coefficient (Wildman–Crippen LogP) is 4.39. The van der Waals surface area contributed by atoms with E-state index >= 15 is 0 Å². The molecule has 0 amide bonds. The first-order valence-electron chi connectivity index (χ1n) is 9.15. The summed E-state index contributed by atoms with van der Waals surface area (Å²) in [6, 6.07) is 18.0. The lowest BCUT2D eigenvalue weighted by Crippen LogP contribution is -2.14. The number of esters is 2. The van der Waals surface area contributed by atoms with Crippen LogP contribution in [0.5, 0.6) is 0 Å². The van der Waals surface area contributed by atoms with E-state index < -0.39 is 23.9 Å². The van der Waals surface area contributed by atoms with Crippen LogP contribution in [0.4, 0.5) is 0 Å². The fourth-order valence-corrected chi connectivity index (χ4v) is 3.54. The number of carbonyl (C=O) groups excluding carboxylic acids is 2. The zero-order valence-electron chi connectivity index (χ0n) is 15.9. The van der Waals surface area contributed by atoms with E-state index in [0.29, 0.717) is 21.5 Å². The molecule has 2 N–H and O–H groups in total. The molecule has 0 aliphatic rings. The van der Waals surface area contributed by atoms with E-state index in [-0.39, 0.29) is 22.3 Å². The maximum atomic E-state index is 12.8. The topological polar surface area (TPSA) is 118 Å². The Morgan fingerprint density at radius 1 is 0.484 bits per heavy atom. The summed E-state index contributed by atoms with van der Waals surface area (Å²) in [5.41, 5.74) is 0.128. The van der Waals surface area contributed by atoms with Gasteiger partial charge in [0.2, 0.25) is 0 Å². The molecule has 0 aliphatic carbocycles. The highest BCUT2D eigenvalue weighted by Gasteiger charge is 2.21. The number of hydrogen-bond donors (Lipinski definition) is 2. The molecule has 4 aromatic rings. The van der Waals surface area contributed by atoms with Crippen molar-refractivity contribution >= 4 is 45.4 Å². The minimum atomic E-state index is -1.14. The number of ether oxygens (including phenoxy) is 1. The quantitative estimate of drug-likeness (QED) is 0.376. The van der Waals surface area contributed by atoms with Crippen LogP contribution in [0.25, 0.3) is 21.5 Å². The normalized spacial score (nSPS) is 10.7. The lowest BCUT2D eigenvalue weighted by molar-refractivity contribution is 0.0399. The highest BCUT2D eigenvalue weighted by molar-refractivity contribution is 6.16. The second kappa shape index (κ2) is 7.72. The largest absolute Gasteiger partial charge is 0.478 e. The van der Waals surface area contributed by atoms with Gasteiger partial charge in [0.05, 0.1) is 22.3 Å². The minimum Gasteiger partial charge on any atom is -0.478 e. The number of benzene rings is 4. The summed E-state index contributed by atoms with van der Waals surface area (Å²) in [6.07, 6.45) is 0. The van der Waals surface area contributed by atoms with E-state index in [1.54, 1.807) is 24.3 Å². The van der Waals surface area contributed by atoms with Gasteiger partial charge in [-0.2, -0.15) is 0 Å². The van der Waals surface area contributed by atoms with Gasteiger partial charge in [-0.05, 0) is 45.8 Å². The van der Waals surface area contributed by atoms with Crippen LogP contribution in [0.2, 0.25) is 0 Å². The second-order valence-corrected chi connectivity index (χ2v) is 6.70. The molecule has 7 nitrogen and oxygen atoms in total. The van der Waals surface area contributed by atoms with Crippen molar-refractivity contribution in [3.8, 4) is 0 Å². The molecule has 4 aromatic carbocycles. The summed E-state index contributed by atoms with van der Waals surface area (Å²) in [5, 5.41) is 20.1. The number of carbonyl (C=O) groups is 4. The van der Waals surface area contributed by atoms with Crippen LogP contribution in [0.1, 0.15) is 41.4 Å². The fraction of sp³-hybridized carbons (Fsp3) is 0. The molecule has 152 valence electrons. The first kappa shape index (κ1) is 19.8. The fourth-order valence-electron chi connectivity index (χ4n) is 3.54. The first-order valence-corrected chi connectivity index (χ1v) is 9.15. The van der Waals surface area contributed by atoms with E-state index in [0.717, 1.165) is 0 Å². The number of fused-ring (bicyclic) bond motifs is 2. The molecular weight excluding hydrogens is 400 g/mol. The molecule has 0 heterocycles. The predicted molar refractivity (Wildman–Crippen MR) is 112 cm³/mol. The molecule has 31 heavy (non-hydrogen) atoms. The van der Waals surface area contributed by atoms with Crippen molar-refractivity contribution in [3.05, 3.63) is 95.1 Å². The number of carboxylic acids is 2. The van der Waals surface area contributed by atoms with Gasteiger partial charge in [0.25, 0.3) is 0 Å². The van der Waals surface area contributed by atoms with Crippen LogP contribution in [-0.4, -0.2) is 34.1 Å². The molecule has 0 saturated carbocycles. The summed E-state index contributed by atoms with van der Waals surface area (Å²) in [6.45, 7) is 0. The molecule has 0 saturated heterocycles. The monoisotopic (exact) mass is 414 g/mol. The Morgan fingerprint density at radius 3 is 1.10 bits per heavy atom. The van der Waals surface area contributed by atoms with E-state index in [1.807, 2.05) is 0 Å². The van der Waals surface area contributed by atoms with Crippen molar-refractivity contribution in [2.75, 3.05) is 0 Å². The molecule has 0 bridgehead atoms. The van der Waals surface area contributed by atoms with Gasteiger partial charge in [-0.15, -0.1) is 0 Å². The zero-order chi connectivity index (χ0) is 22.1. The maximum Gasteiger partial charge on any atom is 0.346 e. The average molecular weight is 414 g/mol.